The van der Waals surface area contributed by atoms with E-state index in [4.69, 9.17) is 4.43 Å². The molecular weight excluding hydrogens is 477 g/mol. The fourth-order valence-electron chi connectivity index (χ4n) is 3.09. The van der Waals surface area contributed by atoms with Crippen molar-refractivity contribution in [2.24, 2.45) is 0 Å². The number of hydrogen-bond acceptors (Lipinski definition) is 4. The third-order valence-electron chi connectivity index (χ3n) is 6.16. The van der Waals surface area contributed by atoms with E-state index in [0.29, 0.717) is 11.1 Å². The zero-order chi connectivity index (χ0) is 26.4. The summed E-state index contributed by atoms with van der Waals surface area (Å²) in [5, 5.41) is 9.23. The van der Waals surface area contributed by atoms with Gasteiger partial charge in [0.05, 0.1) is 5.56 Å². The zero-order valence-electron chi connectivity index (χ0n) is 20.6. The molecule has 0 aliphatic heterocycles. The Morgan fingerprint density at radius 1 is 1.00 bits per heavy atom. The number of aliphatic hydroxyl groups is 1. The Hall–Kier alpha value is -2.69. The number of amides is 2. The van der Waals surface area contributed by atoms with Crippen molar-refractivity contribution in [1.29, 1.82) is 0 Å². The first-order chi connectivity index (χ1) is 16.2. The highest BCUT2D eigenvalue weighted by molar-refractivity contribution is 6.74. The lowest BCUT2D eigenvalue weighted by Gasteiger charge is -2.38. The van der Waals surface area contributed by atoms with Gasteiger partial charge < -0.3 is 9.53 Å². The third kappa shape index (κ3) is 7.91. The molecule has 1 atom stereocenters. The minimum atomic E-state index is -4.42. The van der Waals surface area contributed by atoms with Gasteiger partial charge in [-0.2, -0.15) is 13.2 Å². The second kappa shape index (κ2) is 11.4. The number of carbonyl (C=O) groups is 2. The number of hydrogen-bond donors (Lipinski definition) is 3. The van der Waals surface area contributed by atoms with Crippen molar-refractivity contribution in [3.63, 3.8) is 0 Å². The van der Waals surface area contributed by atoms with E-state index in [-0.39, 0.29) is 30.1 Å². The highest BCUT2D eigenvalue weighted by Crippen LogP contribution is 2.37. The van der Waals surface area contributed by atoms with Crippen molar-refractivity contribution in [3.05, 3.63) is 70.8 Å². The molecule has 2 aromatic carbocycles. The first-order valence-electron chi connectivity index (χ1n) is 11.3. The van der Waals surface area contributed by atoms with Crippen molar-refractivity contribution in [2.75, 3.05) is 6.61 Å². The smallest absolute Gasteiger partial charge is 0.405 e. The normalized spacial score (nSPS) is 13.3. The van der Waals surface area contributed by atoms with Crippen LogP contribution in [0.4, 0.5) is 13.2 Å². The zero-order valence-corrected chi connectivity index (χ0v) is 21.6. The van der Waals surface area contributed by atoms with Crippen LogP contribution in [0.1, 0.15) is 54.2 Å². The van der Waals surface area contributed by atoms with Gasteiger partial charge in [-0.05, 0) is 53.9 Å². The van der Waals surface area contributed by atoms with Crippen LogP contribution in [0.3, 0.4) is 0 Å². The van der Waals surface area contributed by atoms with Crippen molar-refractivity contribution in [3.8, 4) is 0 Å². The summed E-state index contributed by atoms with van der Waals surface area (Å²) in [6.45, 7) is 9.81. The minimum Gasteiger partial charge on any atom is -0.405 e. The molecule has 3 N–H and O–H groups in total. The average molecular weight is 511 g/mol. The lowest BCUT2D eigenvalue weighted by molar-refractivity contribution is -0.137. The topological polar surface area (TPSA) is 87.7 Å². The van der Waals surface area contributed by atoms with Crippen LogP contribution in [0.15, 0.2) is 48.5 Å². The van der Waals surface area contributed by atoms with Gasteiger partial charge in [0.2, 0.25) is 0 Å². The molecule has 6 nitrogen and oxygen atoms in total. The maximum Gasteiger partial charge on any atom is 0.416 e. The van der Waals surface area contributed by atoms with Crippen molar-refractivity contribution < 1.29 is 32.3 Å². The minimum absolute atomic E-state index is 0.0821. The standard InChI is InChI=1S/C25H33F3N2O4Si/c1-24(2,3)35(4,5)34-21(14-15-31)23(33)30-29-22(32)20-9-7-6-8-18(20)16-17-10-12-19(13-11-17)25(26,27)28/h6-13,21,31H,14-16H2,1-5H3,(H,29,32)(H,30,33). The maximum atomic E-state index is 12.8. The van der Waals surface area contributed by atoms with Gasteiger partial charge in [0.25, 0.3) is 11.8 Å². The van der Waals surface area contributed by atoms with E-state index in [1.807, 2.05) is 33.9 Å². The molecule has 0 saturated carbocycles. The van der Waals surface area contributed by atoms with Crippen molar-refractivity contribution in [1.82, 2.24) is 10.9 Å². The second-order valence-corrected chi connectivity index (χ2v) is 14.6. The fourth-order valence-corrected chi connectivity index (χ4v) is 4.38. The molecule has 0 radical (unpaired) electrons. The van der Waals surface area contributed by atoms with E-state index in [2.05, 4.69) is 10.9 Å². The Morgan fingerprint density at radius 2 is 1.60 bits per heavy atom. The van der Waals surface area contributed by atoms with Crippen LogP contribution in [-0.2, 0) is 21.8 Å². The molecule has 10 heteroatoms. The Kier molecular flexibility index (Phi) is 9.27. The molecule has 0 fully saturated rings. The molecule has 1 unspecified atom stereocenters. The molecule has 2 rings (SSSR count). The number of hydrazine groups is 1. The average Bonchev–Trinajstić information content (AvgIpc) is 2.76. The molecule has 2 amide bonds. The van der Waals surface area contributed by atoms with Crippen LogP contribution in [0, 0.1) is 0 Å². The molecule has 2 aromatic rings. The summed E-state index contributed by atoms with van der Waals surface area (Å²) < 4.78 is 44.6. The highest BCUT2D eigenvalue weighted by atomic mass is 28.4. The number of halogens is 3. The lowest BCUT2D eigenvalue weighted by atomic mass is 9.98. The summed E-state index contributed by atoms with van der Waals surface area (Å²) in [5.74, 6) is -1.15. The van der Waals surface area contributed by atoms with Gasteiger partial charge in [0.15, 0.2) is 8.32 Å². The predicted molar refractivity (Wildman–Crippen MR) is 130 cm³/mol. The predicted octanol–water partition coefficient (Wildman–Crippen LogP) is 4.83. The number of nitrogens with one attached hydrogen (secondary N) is 2. The molecule has 0 saturated heterocycles. The Morgan fingerprint density at radius 3 is 2.14 bits per heavy atom. The molecule has 0 aliphatic rings. The van der Waals surface area contributed by atoms with Crippen LogP contribution < -0.4 is 10.9 Å². The molecule has 0 heterocycles. The summed E-state index contributed by atoms with van der Waals surface area (Å²) in [4.78, 5) is 25.5. The van der Waals surface area contributed by atoms with Gasteiger partial charge in [-0.3, -0.25) is 20.4 Å². The van der Waals surface area contributed by atoms with Crippen molar-refractivity contribution >= 4 is 20.1 Å². The molecular formula is C25H33F3N2O4Si. The second-order valence-electron chi connectivity index (χ2n) is 9.85. The summed E-state index contributed by atoms with van der Waals surface area (Å²) in [6.07, 6.45) is -5.03. The van der Waals surface area contributed by atoms with Crippen LogP contribution in [-0.4, -0.2) is 37.9 Å². The number of rotatable bonds is 8. The van der Waals surface area contributed by atoms with Crippen LogP contribution in [0.2, 0.25) is 18.1 Å². The number of benzene rings is 2. The van der Waals surface area contributed by atoms with E-state index in [0.717, 1.165) is 12.1 Å². The van der Waals surface area contributed by atoms with Crippen molar-refractivity contribution in [2.45, 2.75) is 64.0 Å². The number of carbonyl (C=O) groups excluding carboxylic acids is 2. The summed E-state index contributed by atoms with van der Waals surface area (Å²) >= 11 is 0. The first-order valence-corrected chi connectivity index (χ1v) is 14.2. The monoisotopic (exact) mass is 510 g/mol. The molecule has 0 bridgehead atoms. The summed E-state index contributed by atoms with van der Waals surface area (Å²) in [6, 6.07) is 11.4. The fraction of sp³-hybridized carbons (Fsp3) is 0.440. The molecule has 192 valence electrons. The van der Waals surface area contributed by atoms with Gasteiger partial charge in [0, 0.05) is 18.6 Å². The van der Waals surface area contributed by atoms with Gasteiger partial charge >= 0.3 is 6.18 Å². The van der Waals surface area contributed by atoms with Crippen LogP contribution in [0.5, 0.6) is 0 Å². The largest absolute Gasteiger partial charge is 0.416 e. The maximum absolute atomic E-state index is 12.8. The van der Waals surface area contributed by atoms with E-state index < -0.39 is 38.0 Å². The highest BCUT2D eigenvalue weighted by Gasteiger charge is 2.40. The Balaban J connectivity index is 2.09. The molecule has 0 aromatic heterocycles. The van der Waals surface area contributed by atoms with Crippen LogP contribution in [0.25, 0.3) is 0 Å². The number of aliphatic hydroxyl groups excluding tert-OH is 1. The van der Waals surface area contributed by atoms with E-state index in [1.54, 1.807) is 24.3 Å². The molecule has 0 spiro atoms. The summed E-state index contributed by atoms with van der Waals surface area (Å²) in [7, 11) is -2.31. The lowest BCUT2D eigenvalue weighted by Crippen LogP contribution is -2.52. The molecule has 0 aliphatic carbocycles. The number of alkyl halides is 3. The van der Waals surface area contributed by atoms with Gasteiger partial charge in [-0.25, -0.2) is 0 Å². The van der Waals surface area contributed by atoms with E-state index in [1.165, 1.54) is 12.1 Å². The Labute approximate surface area is 205 Å². The molecule has 35 heavy (non-hydrogen) atoms. The summed E-state index contributed by atoms with van der Waals surface area (Å²) in [5.41, 5.74) is 5.48. The van der Waals surface area contributed by atoms with E-state index >= 15 is 0 Å². The third-order valence-corrected chi connectivity index (χ3v) is 10.6. The van der Waals surface area contributed by atoms with Gasteiger partial charge in [-0.15, -0.1) is 0 Å². The SMILES string of the molecule is CC(C)(C)[Si](C)(C)OC(CCO)C(=O)NNC(=O)c1ccccc1Cc1ccc(C(F)(F)F)cc1. The first kappa shape index (κ1) is 28.5. The van der Waals surface area contributed by atoms with Gasteiger partial charge in [-0.1, -0.05) is 51.1 Å². The van der Waals surface area contributed by atoms with Gasteiger partial charge in [0.1, 0.15) is 6.10 Å². The Bertz CT molecular complexity index is 1020. The van der Waals surface area contributed by atoms with Crippen LogP contribution >= 0.6 is 0 Å². The van der Waals surface area contributed by atoms with E-state index in [9.17, 15) is 27.9 Å². The quantitative estimate of drug-likeness (QED) is 0.351.